The number of nitrogens with zero attached hydrogens (tertiary/aromatic N) is 2. The lowest BCUT2D eigenvalue weighted by Crippen LogP contribution is -2.29. The molecule has 5 nitrogen and oxygen atoms in total. The fraction of sp³-hybridized carbons (Fsp3) is 0.118. The Labute approximate surface area is 138 Å². The van der Waals surface area contributed by atoms with Gasteiger partial charge in [-0.05, 0) is 23.3 Å². The van der Waals surface area contributed by atoms with Gasteiger partial charge < -0.3 is 10.1 Å². The van der Waals surface area contributed by atoms with E-state index in [1.807, 2.05) is 54.6 Å². The maximum atomic E-state index is 12.4. The van der Waals surface area contributed by atoms with E-state index in [0.29, 0.717) is 5.69 Å². The molecule has 0 bridgehead atoms. The molecule has 0 spiro atoms. The van der Waals surface area contributed by atoms with Gasteiger partial charge in [0.15, 0.2) is 5.69 Å². The van der Waals surface area contributed by atoms with E-state index in [9.17, 15) is 4.79 Å². The maximum absolute atomic E-state index is 12.4. The third kappa shape index (κ3) is 3.54. The number of hydrogen-bond acceptors (Lipinski definition) is 5. The standard InChI is InChI=1S/C17H15N3O2S/c1-22-14-9-7-13(8-10-14)16(12-5-3-2-4-6-12)19-17(21)15-11-18-23-20-15/h2-11,16H,1H3,(H,19,21)/t16-/m1/s1. The number of hydrogen-bond donors (Lipinski definition) is 1. The first-order valence-electron chi connectivity index (χ1n) is 7.05. The first kappa shape index (κ1) is 15.2. The van der Waals surface area contributed by atoms with Crippen molar-refractivity contribution in [2.24, 2.45) is 0 Å². The molecule has 6 heteroatoms. The predicted octanol–water partition coefficient (Wildman–Crippen LogP) is 3.07. The van der Waals surface area contributed by atoms with Crippen molar-refractivity contribution in [3.05, 3.63) is 77.6 Å². The Bertz CT molecular complexity index is 758. The van der Waals surface area contributed by atoms with Gasteiger partial charge in [0.05, 0.1) is 31.1 Å². The van der Waals surface area contributed by atoms with Crippen LogP contribution >= 0.6 is 11.7 Å². The van der Waals surface area contributed by atoms with Gasteiger partial charge in [-0.3, -0.25) is 4.79 Å². The van der Waals surface area contributed by atoms with Gasteiger partial charge in [0.1, 0.15) is 5.75 Å². The lowest BCUT2D eigenvalue weighted by Gasteiger charge is -2.19. The van der Waals surface area contributed by atoms with Crippen LogP contribution in [0.3, 0.4) is 0 Å². The van der Waals surface area contributed by atoms with Crippen LogP contribution in [0.2, 0.25) is 0 Å². The molecule has 0 aliphatic heterocycles. The van der Waals surface area contributed by atoms with E-state index in [4.69, 9.17) is 4.74 Å². The third-order valence-corrected chi connectivity index (χ3v) is 3.93. The summed E-state index contributed by atoms with van der Waals surface area (Å²) in [5.74, 6) is 0.527. The number of benzene rings is 2. The number of carbonyl (C=O) groups is 1. The summed E-state index contributed by atoms with van der Waals surface area (Å²) < 4.78 is 13.0. The van der Waals surface area contributed by atoms with Crippen LogP contribution in [0.1, 0.15) is 27.7 Å². The van der Waals surface area contributed by atoms with E-state index in [0.717, 1.165) is 28.6 Å². The molecule has 0 saturated heterocycles. The van der Waals surface area contributed by atoms with Gasteiger partial charge in [-0.25, -0.2) is 0 Å². The molecule has 0 saturated carbocycles. The molecule has 23 heavy (non-hydrogen) atoms. The molecular formula is C17H15N3O2S. The predicted molar refractivity (Wildman–Crippen MR) is 88.7 cm³/mol. The van der Waals surface area contributed by atoms with E-state index in [1.165, 1.54) is 6.20 Å². The first-order chi connectivity index (χ1) is 11.3. The van der Waals surface area contributed by atoms with Crippen molar-refractivity contribution >= 4 is 17.6 Å². The largest absolute Gasteiger partial charge is 0.497 e. The SMILES string of the molecule is COc1ccc([C@H](NC(=O)c2cnsn2)c2ccccc2)cc1. The smallest absolute Gasteiger partial charge is 0.273 e. The minimum absolute atomic E-state index is 0.247. The molecule has 1 aromatic heterocycles. The average molecular weight is 325 g/mol. The summed E-state index contributed by atoms with van der Waals surface area (Å²) in [4.78, 5) is 12.4. The number of aromatic nitrogens is 2. The van der Waals surface area contributed by atoms with Crippen molar-refractivity contribution in [1.82, 2.24) is 14.1 Å². The van der Waals surface area contributed by atoms with Crippen molar-refractivity contribution in [3.8, 4) is 5.75 Å². The van der Waals surface area contributed by atoms with Crippen molar-refractivity contribution < 1.29 is 9.53 Å². The minimum Gasteiger partial charge on any atom is -0.497 e. The Hall–Kier alpha value is -2.73. The van der Waals surface area contributed by atoms with Crippen LogP contribution in [-0.2, 0) is 0 Å². The second kappa shape index (κ2) is 7.02. The van der Waals surface area contributed by atoms with Crippen molar-refractivity contribution in [3.63, 3.8) is 0 Å². The number of methoxy groups -OCH3 is 1. The Kier molecular flexibility index (Phi) is 4.63. The van der Waals surface area contributed by atoms with Crippen LogP contribution in [0.4, 0.5) is 0 Å². The molecular weight excluding hydrogens is 310 g/mol. The summed E-state index contributed by atoms with van der Waals surface area (Å²) in [7, 11) is 1.63. The molecule has 1 amide bonds. The topological polar surface area (TPSA) is 64.1 Å². The van der Waals surface area contributed by atoms with Crippen LogP contribution < -0.4 is 10.1 Å². The molecule has 0 unspecified atom stereocenters. The Morgan fingerprint density at radius 2 is 1.78 bits per heavy atom. The van der Waals surface area contributed by atoms with Gasteiger partial charge in [-0.2, -0.15) is 8.75 Å². The number of nitrogens with one attached hydrogen (secondary N) is 1. The summed E-state index contributed by atoms with van der Waals surface area (Å²) in [5.41, 5.74) is 2.28. The van der Waals surface area contributed by atoms with E-state index in [2.05, 4.69) is 14.1 Å². The third-order valence-electron chi connectivity index (χ3n) is 3.45. The Morgan fingerprint density at radius 3 is 2.39 bits per heavy atom. The lowest BCUT2D eigenvalue weighted by molar-refractivity contribution is 0.0939. The second-order valence-electron chi connectivity index (χ2n) is 4.88. The number of amides is 1. The fourth-order valence-corrected chi connectivity index (χ4v) is 2.68. The lowest BCUT2D eigenvalue weighted by atomic mass is 9.98. The zero-order valence-electron chi connectivity index (χ0n) is 12.5. The monoisotopic (exact) mass is 325 g/mol. The number of rotatable bonds is 5. The molecule has 1 atom stereocenters. The Morgan fingerprint density at radius 1 is 1.09 bits per heavy atom. The van der Waals surface area contributed by atoms with Crippen LogP contribution in [0.15, 0.2) is 60.8 Å². The average Bonchev–Trinajstić information content (AvgIpc) is 3.15. The highest BCUT2D eigenvalue weighted by molar-refractivity contribution is 6.99. The Balaban J connectivity index is 1.91. The normalized spacial score (nSPS) is 11.7. The van der Waals surface area contributed by atoms with Gasteiger partial charge in [-0.1, -0.05) is 42.5 Å². The second-order valence-corrected chi connectivity index (χ2v) is 5.44. The maximum Gasteiger partial charge on any atom is 0.273 e. The van der Waals surface area contributed by atoms with Gasteiger partial charge >= 0.3 is 0 Å². The summed E-state index contributed by atoms with van der Waals surface area (Å²) >= 11 is 1.01. The van der Waals surface area contributed by atoms with E-state index in [1.54, 1.807) is 7.11 Å². The van der Waals surface area contributed by atoms with Crippen molar-refractivity contribution in [2.45, 2.75) is 6.04 Å². The molecule has 116 valence electrons. The highest BCUT2D eigenvalue weighted by Gasteiger charge is 2.19. The van der Waals surface area contributed by atoms with Crippen LogP contribution in [0.25, 0.3) is 0 Å². The van der Waals surface area contributed by atoms with E-state index < -0.39 is 0 Å². The fourth-order valence-electron chi connectivity index (χ4n) is 2.27. The van der Waals surface area contributed by atoms with Crippen molar-refractivity contribution in [2.75, 3.05) is 7.11 Å². The summed E-state index contributed by atoms with van der Waals surface area (Å²) in [6.07, 6.45) is 1.47. The van der Waals surface area contributed by atoms with Crippen LogP contribution in [0, 0.1) is 0 Å². The highest BCUT2D eigenvalue weighted by atomic mass is 32.1. The molecule has 1 N–H and O–H groups in total. The molecule has 0 radical (unpaired) electrons. The highest BCUT2D eigenvalue weighted by Crippen LogP contribution is 2.24. The molecule has 3 rings (SSSR count). The van der Waals surface area contributed by atoms with Gasteiger partial charge in [0.25, 0.3) is 5.91 Å². The van der Waals surface area contributed by atoms with Gasteiger partial charge in [-0.15, -0.1) is 0 Å². The first-order valence-corrected chi connectivity index (χ1v) is 7.78. The zero-order chi connectivity index (χ0) is 16.1. The molecule has 3 aromatic rings. The summed E-state index contributed by atoms with van der Waals surface area (Å²) in [6.45, 7) is 0. The molecule has 1 heterocycles. The van der Waals surface area contributed by atoms with Gasteiger partial charge in [0.2, 0.25) is 0 Å². The van der Waals surface area contributed by atoms with Crippen LogP contribution in [0.5, 0.6) is 5.75 Å². The quantitative estimate of drug-likeness (QED) is 0.783. The molecule has 2 aromatic carbocycles. The zero-order valence-corrected chi connectivity index (χ0v) is 13.3. The van der Waals surface area contributed by atoms with E-state index >= 15 is 0 Å². The van der Waals surface area contributed by atoms with Crippen molar-refractivity contribution in [1.29, 1.82) is 0 Å². The summed E-state index contributed by atoms with van der Waals surface area (Å²) in [5, 5.41) is 3.01. The number of ether oxygens (including phenoxy) is 1. The summed E-state index contributed by atoms with van der Waals surface area (Å²) in [6, 6.07) is 17.2. The van der Waals surface area contributed by atoms with Crippen LogP contribution in [-0.4, -0.2) is 21.8 Å². The number of carbonyl (C=O) groups excluding carboxylic acids is 1. The van der Waals surface area contributed by atoms with E-state index in [-0.39, 0.29) is 11.9 Å². The molecule has 0 aliphatic rings. The minimum atomic E-state index is -0.267. The van der Waals surface area contributed by atoms with Gasteiger partial charge in [0, 0.05) is 0 Å². The molecule has 0 fully saturated rings. The molecule has 0 aliphatic carbocycles.